The maximum Gasteiger partial charge on any atom is 0.240 e. The molecule has 1 aliphatic carbocycles. The Kier molecular flexibility index (Phi) is 7.31. The van der Waals surface area contributed by atoms with Crippen LogP contribution in [0.4, 0.5) is 5.69 Å². The Morgan fingerprint density at radius 2 is 2.00 bits per heavy atom. The van der Waals surface area contributed by atoms with Crippen LogP contribution in [0.5, 0.6) is 0 Å². The molecule has 0 fully saturated rings. The highest BCUT2D eigenvalue weighted by molar-refractivity contribution is 7.89. The summed E-state index contributed by atoms with van der Waals surface area (Å²) in [5, 5.41) is 2.86. The van der Waals surface area contributed by atoms with Gasteiger partial charge in [-0.15, -0.1) is 0 Å². The van der Waals surface area contributed by atoms with Crippen molar-refractivity contribution in [1.82, 2.24) is 10.0 Å². The number of rotatable bonds is 8. The number of benzene rings is 1. The summed E-state index contributed by atoms with van der Waals surface area (Å²) in [4.78, 5) is 25.7. The van der Waals surface area contributed by atoms with Crippen molar-refractivity contribution in [1.29, 1.82) is 0 Å². The third-order valence-electron chi connectivity index (χ3n) is 5.71. The van der Waals surface area contributed by atoms with E-state index in [-0.39, 0.29) is 35.7 Å². The Balaban J connectivity index is 1.48. The first-order valence-electron chi connectivity index (χ1n) is 10.6. The van der Waals surface area contributed by atoms with Crippen LogP contribution in [0.3, 0.4) is 0 Å². The standard InChI is InChI=1S/C22H31N3O4S/c1-16-14-19-15-20(8-9-21(19)25(16)17(2)26)30(28,29)24-13-11-22(27)23-12-10-18-6-4-3-5-7-18/h6,8-9,15-16,24H,3-5,7,10-14H2,1-2H3,(H,23,27)/t16-/m1/s1. The van der Waals surface area contributed by atoms with Gasteiger partial charge in [0.1, 0.15) is 0 Å². The van der Waals surface area contributed by atoms with Gasteiger partial charge in [0.2, 0.25) is 21.8 Å². The molecule has 0 aromatic heterocycles. The Morgan fingerprint density at radius 3 is 2.70 bits per heavy atom. The van der Waals surface area contributed by atoms with Gasteiger partial charge in [0.05, 0.1) is 4.90 Å². The van der Waals surface area contributed by atoms with Crippen molar-refractivity contribution >= 4 is 27.5 Å². The number of hydrogen-bond donors (Lipinski definition) is 2. The van der Waals surface area contributed by atoms with Crippen LogP contribution in [0.1, 0.15) is 57.9 Å². The van der Waals surface area contributed by atoms with Crippen molar-refractivity contribution in [2.45, 2.75) is 69.7 Å². The maximum atomic E-state index is 12.6. The van der Waals surface area contributed by atoms with E-state index in [1.165, 1.54) is 31.4 Å². The zero-order chi connectivity index (χ0) is 21.7. The molecule has 30 heavy (non-hydrogen) atoms. The van der Waals surface area contributed by atoms with E-state index in [0.29, 0.717) is 13.0 Å². The van der Waals surface area contributed by atoms with Crippen LogP contribution in [-0.2, 0) is 26.0 Å². The molecular weight excluding hydrogens is 402 g/mol. The normalized spacial score (nSPS) is 18.7. The second-order valence-corrected chi connectivity index (χ2v) is 9.86. The molecule has 2 N–H and O–H groups in total. The third kappa shape index (κ3) is 5.49. The highest BCUT2D eigenvalue weighted by atomic mass is 32.2. The first-order valence-corrected chi connectivity index (χ1v) is 12.1. The molecule has 0 bridgehead atoms. The monoisotopic (exact) mass is 433 g/mol. The van der Waals surface area contributed by atoms with Crippen molar-refractivity contribution in [2.75, 3.05) is 18.0 Å². The lowest BCUT2D eigenvalue weighted by Crippen LogP contribution is -2.33. The summed E-state index contributed by atoms with van der Waals surface area (Å²) in [5.74, 6) is -0.213. The minimum absolute atomic E-state index is 0.0106. The molecule has 0 saturated carbocycles. The van der Waals surface area contributed by atoms with Gasteiger partial charge in [-0.3, -0.25) is 9.59 Å². The lowest BCUT2D eigenvalue weighted by molar-refractivity contribution is -0.121. The number of carbonyl (C=O) groups excluding carboxylic acids is 2. The van der Waals surface area contributed by atoms with Gasteiger partial charge in [0, 0.05) is 38.2 Å². The molecule has 0 saturated heterocycles. The van der Waals surface area contributed by atoms with Gasteiger partial charge in [0.25, 0.3) is 0 Å². The predicted octanol–water partition coefficient (Wildman–Crippen LogP) is 2.66. The van der Waals surface area contributed by atoms with Crippen molar-refractivity contribution in [2.24, 2.45) is 0 Å². The first-order chi connectivity index (χ1) is 14.3. The Hall–Kier alpha value is -2.19. The average Bonchev–Trinajstić information content (AvgIpc) is 3.03. The van der Waals surface area contributed by atoms with Gasteiger partial charge in [0.15, 0.2) is 0 Å². The molecule has 1 aromatic carbocycles. The average molecular weight is 434 g/mol. The van der Waals surface area contributed by atoms with E-state index in [1.807, 2.05) is 6.92 Å². The Labute approximate surface area is 179 Å². The van der Waals surface area contributed by atoms with Crippen LogP contribution in [0.25, 0.3) is 0 Å². The SMILES string of the molecule is CC(=O)N1c2ccc(S(=O)(=O)NCCC(=O)NCCC3=CCCCC3)cc2C[C@H]1C. The summed E-state index contributed by atoms with van der Waals surface area (Å²) in [7, 11) is -3.71. The van der Waals surface area contributed by atoms with E-state index in [2.05, 4.69) is 16.1 Å². The summed E-state index contributed by atoms with van der Waals surface area (Å²) < 4.78 is 27.7. The maximum absolute atomic E-state index is 12.6. The van der Waals surface area contributed by atoms with E-state index < -0.39 is 10.0 Å². The van der Waals surface area contributed by atoms with Crippen LogP contribution in [-0.4, -0.2) is 39.4 Å². The summed E-state index contributed by atoms with van der Waals surface area (Å²) >= 11 is 0. The molecule has 2 amide bonds. The number of carbonyl (C=O) groups is 2. The molecule has 7 nitrogen and oxygen atoms in total. The summed E-state index contributed by atoms with van der Waals surface area (Å²) in [5.41, 5.74) is 3.01. The topological polar surface area (TPSA) is 95.6 Å². The summed E-state index contributed by atoms with van der Waals surface area (Å²) in [6.07, 6.45) is 8.54. The quantitative estimate of drug-likeness (QED) is 0.616. The van der Waals surface area contributed by atoms with E-state index in [0.717, 1.165) is 30.5 Å². The van der Waals surface area contributed by atoms with E-state index in [9.17, 15) is 18.0 Å². The molecule has 1 atom stereocenters. The minimum atomic E-state index is -3.71. The van der Waals surface area contributed by atoms with Gasteiger partial charge in [-0.1, -0.05) is 11.6 Å². The van der Waals surface area contributed by atoms with E-state index in [1.54, 1.807) is 17.0 Å². The van der Waals surface area contributed by atoms with Crippen LogP contribution < -0.4 is 14.9 Å². The fourth-order valence-electron chi connectivity index (χ4n) is 4.22. The first kappa shape index (κ1) is 22.5. The predicted molar refractivity (Wildman–Crippen MR) is 117 cm³/mol. The smallest absolute Gasteiger partial charge is 0.240 e. The van der Waals surface area contributed by atoms with Crippen LogP contribution in [0, 0.1) is 0 Å². The number of sulfonamides is 1. The number of nitrogens with one attached hydrogen (secondary N) is 2. The second kappa shape index (κ2) is 9.75. The zero-order valence-corrected chi connectivity index (χ0v) is 18.6. The molecule has 1 aliphatic heterocycles. The molecular formula is C22H31N3O4S. The van der Waals surface area contributed by atoms with Gasteiger partial charge >= 0.3 is 0 Å². The Bertz CT molecular complexity index is 940. The van der Waals surface area contributed by atoms with Crippen LogP contribution in [0.2, 0.25) is 0 Å². The number of fused-ring (bicyclic) bond motifs is 1. The number of amides is 2. The van der Waals surface area contributed by atoms with Crippen molar-refractivity contribution < 1.29 is 18.0 Å². The molecule has 164 valence electrons. The van der Waals surface area contributed by atoms with Crippen LogP contribution >= 0.6 is 0 Å². The zero-order valence-electron chi connectivity index (χ0n) is 17.7. The number of nitrogens with zero attached hydrogens (tertiary/aromatic N) is 1. The van der Waals surface area contributed by atoms with Crippen molar-refractivity contribution in [3.05, 3.63) is 35.4 Å². The number of allylic oxidation sites excluding steroid dienone is 1. The van der Waals surface area contributed by atoms with E-state index >= 15 is 0 Å². The fourth-order valence-corrected chi connectivity index (χ4v) is 5.30. The summed E-state index contributed by atoms with van der Waals surface area (Å²) in [6.45, 7) is 4.09. The highest BCUT2D eigenvalue weighted by Crippen LogP contribution is 2.33. The van der Waals surface area contributed by atoms with E-state index in [4.69, 9.17) is 0 Å². The molecule has 8 heteroatoms. The van der Waals surface area contributed by atoms with Crippen LogP contribution in [0.15, 0.2) is 34.7 Å². The van der Waals surface area contributed by atoms with Crippen molar-refractivity contribution in [3.63, 3.8) is 0 Å². The lowest BCUT2D eigenvalue weighted by atomic mass is 9.97. The molecule has 1 aromatic rings. The largest absolute Gasteiger partial charge is 0.356 e. The minimum Gasteiger partial charge on any atom is -0.356 e. The number of anilines is 1. The molecule has 3 rings (SSSR count). The molecule has 0 radical (unpaired) electrons. The fraction of sp³-hybridized carbons (Fsp3) is 0.545. The van der Waals surface area contributed by atoms with Gasteiger partial charge in [-0.25, -0.2) is 13.1 Å². The molecule has 0 unspecified atom stereocenters. The van der Waals surface area contributed by atoms with Gasteiger partial charge < -0.3 is 10.2 Å². The van der Waals surface area contributed by atoms with Gasteiger partial charge in [-0.2, -0.15) is 0 Å². The Morgan fingerprint density at radius 1 is 1.20 bits per heavy atom. The lowest BCUT2D eigenvalue weighted by Gasteiger charge is -2.20. The van der Waals surface area contributed by atoms with Gasteiger partial charge in [-0.05, 0) is 69.2 Å². The third-order valence-corrected chi connectivity index (χ3v) is 7.17. The number of hydrogen-bond acceptors (Lipinski definition) is 4. The van der Waals surface area contributed by atoms with Crippen molar-refractivity contribution in [3.8, 4) is 0 Å². The molecule has 0 spiro atoms. The molecule has 1 heterocycles. The second-order valence-electron chi connectivity index (χ2n) is 8.09. The molecule has 2 aliphatic rings. The summed E-state index contributed by atoms with van der Waals surface area (Å²) in [6, 6.07) is 4.82. The highest BCUT2D eigenvalue weighted by Gasteiger charge is 2.30.